The van der Waals surface area contributed by atoms with Crippen molar-refractivity contribution in [2.24, 2.45) is 5.92 Å². The number of carbonyl (C=O) groups is 1. The molecule has 2 heterocycles. The summed E-state index contributed by atoms with van der Waals surface area (Å²) in [6, 6.07) is 2.90. The van der Waals surface area contributed by atoms with Crippen LogP contribution < -0.4 is 4.90 Å². The van der Waals surface area contributed by atoms with E-state index in [-0.39, 0.29) is 36.3 Å². The van der Waals surface area contributed by atoms with Gasteiger partial charge in [-0.2, -0.15) is 0 Å². The summed E-state index contributed by atoms with van der Waals surface area (Å²) >= 11 is 0. The summed E-state index contributed by atoms with van der Waals surface area (Å²) in [5, 5.41) is 10.9. The molecule has 0 N–H and O–H groups in total. The van der Waals surface area contributed by atoms with Crippen LogP contribution in [0.2, 0.25) is 0 Å². The van der Waals surface area contributed by atoms with Gasteiger partial charge in [0.25, 0.3) is 0 Å². The largest absolute Gasteiger partial charge is 0.312 e. The zero-order valence-electron chi connectivity index (χ0n) is 9.79. The van der Waals surface area contributed by atoms with E-state index in [1.807, 2.05) is 0 Å². The van der Waals surface area contributed by atoms with Gasteiger partial charge in [0, 0.05) is 30.6 Å². The number of aryl methyl sites for hydroxylation is 1. The van der Waals surface area contributed by atoms with Crippen molar-refractivity contribution in [2.45, 2.75) is 13.3 Å². The summed E-state index contributed by atoms with van der Waals surface area (Å²) in [6.45, 7) is 2.00. The van der Waals surface area contributed by atoms with Gasteiger partial charge in [-0.3, -0.25) is 19.8 Å². The molecule has 6 nitrogen and oxygen atoms in total. The molecule has 1 aliphatic heterocycles. The van der Waals surface area contributed by atoms with Crippen molar-refractivity contribution in [2.75, 3.05) is 11.4 Å². The number of amides is 1. The molecule has 1 amide bonds. The highest BCUT2D eigenvalue weighted by Gasteiger charge is 2.34. The molecule has 2 rings (SSSR count). The molecule has 1 aliphatic rings. The van der Waals surface area contributed by atoms with Crippen LogP contribution >= 0.6 is 0 Å². The van der Waals surface area contributed by atoms with Gasteiger partial charge in [0.15, 0.2) is 0 Å². The number of terminal acetylenes is 1. The van der Waals surface area contributed by atoms with Crippen LogP contribution in [0.25, 0.3) is 0 Å². The molecule has 92 valence electrons. The fourth-order valence-electron chi connectivity index (χ4n) is 1.90. The van der Waals surface area contributed by atoms with Gasteiger partial charge in [-0.05, 0) is 13.0 Å². The fourth-order valence-corrected chi connectivity index (χ4v) is 1.90. The minimum Gasteiger partial charge on any atom is -0.290 e. The van der Waals surface area contributed by atoms with Crippen LogP contribution in [0, 0.1) is 35.3 Å². The second-order valence-electron chi connectivity index (χ2n) is 4.12. The lowest BCUT2D eigenvalue weighted by atomic mass is 10.1. The molecule has 0 radical (unpaired) electrons. The van der Waals surface area contributed by atoms with Gasteiger partial charge in [0.2, 0.25) is 11.7 Å². The van der Waals surface area contributed by atoms with Gasteiger partial charge in [0.05, 0.1) is 4.92 Å². The maximum Gasteiger partial charge on any atom is 0.312 e. The van der Waals surface area contributed by atoms with Crippen LogP contribution in [0.1, 0.15) is 12.1 Å². The minimum atomic E-state index is -0.543. The SMILES string of the molecule is C#CC1CC(=O)N(c2nc(C)ccc2[N+](=O)[O-])C1. The van der Waals surface area contributed by atoms with E-state index >= 15 is 0 Å². The van der Waals surface area contributed by atoms with Gasteiger partial charge in [-0.15, -0.1) is 12.3 Å². The number of rotatable bonds is 2. The first kappa shape index (κ1) is 12.0. The van der Waals surface area contributed by atoms with Crippen LogP contribution in [0.5, 0.6) is 0 Å². The van der Waals surface area contributed by atoms with Crippen molar-refractivity contribution in [3.05, 3.63) is 27.9 Å². The standard InChI is InChI=1S/C12H11N3O3/c1-3-9-6-11(16)14(7-9)12-10(15(17)18)5-4-8(2)13-12/h1,4-5,9H,6-7H2,2H3. The predicted octanol–water partition coefficient (Wildman–Crippen LogP) is 1.28. The van der Waals surface area contributed by atoms with Crippen molar-refractivity contribution >= 4 is 17.4 Å². The first-order valence-electron chi connectivity index (χ1n) is 5.41. The van der Waals surface area contributed by atoms with Crippen LogP contribution in [-0.4, -0.2) is 22.4 Å². The molecular weight excluding hydrogens is 234 g/mol. The molecule has 1 atom stereocenters. The highest BCUT2D eigenvalue weighted by Crippen LogP contribution is 2.30. The number of nitro groups is 1. The highest BCUT2D eigenvalue weighted by molar-refractivity contribution is 5.97. The lowest BCUT2D eigenvalue weighted by molar-refractivity contribution is -0.384. The number of aromatic nitrogens is 1. The molecule has 0 bridgehead atoms. The summed E-state index contributed by atoms with van der Waals surface area (Å²) in [5.41, 5.74) is 0.444. The number of nitrogens with zero attached hydrogens (tertiary/aromatic N) is 3. The normalized spacial score (nSPS) is 18.8. The van der Waals surface area contributed by atoms with Gasteiger partial charge < -0.3 is 0 Å². The predicted molar refractivity (Wildman–Crippen MR) is 64.9 cm³/mol. The Kier molecular flexibility index (Phi) is 2.98. The number of carbonyl (C=O) groups excluding carboxylic acids is 1. The number of pyridine rings is 1. The molecule has 1 aromatic heterocycles. The second kappa shape index (κ2) is 4.45. The van der Waals surface area contributed by atoms with E-state index in [1.165, 1.54) is 11.0 Å². The van der Waals surface area contributed by atoms with Crippen LogP contribution in [-0.2, 0) is 4.79 Å². The molecule has 18 heavy (non-hydrogen) atoms. The van der Waals surface area contributed by atoms with Crippen LogP contribution in [0.3, 0.4) is 0 Å². The Hall–Kier alpha value is -2.42. The molecule has 1 aromatic rings. The second-order valence-corrected chi connectivity index (χ2v) is 4.12. The third-order valence-corrected chi connectivity index (χ3v) is 2.81. The zero-order chi connectivity index (χ0) is 13.3. The van der Waals surface area contributed by atoms with Gasteiger partial charge in [-0.1, -0.05) is 0 Å². The minimum absolute atomic E-state index is 0.0859. The molecular formula is C12H11N3O3. The summed E-state index contributed by atoms with van der Waals surface area (Å²) in [4.78, 5) is 27.6. The van der Waals surface area contributed by atoms with Crippen LogP contribution in [0.4, 0.5) is 11.5 Å². The molecule has 0 saturated carbocycles. The topological polar surface area (TPSA) is 76.3 Å². The Balaban J connectivity index is 2.45. The average Bonchev–Trinajstić information content (AvgIpc) is 2.70. The third-order valence-electron chi connectivity index (χ3n) is 2.81. The fraction of sp³-hybridized carbons (Fsp3) is 0.333. The average molecular weight is 245 g/mol. The van der Waals surface area contributed by atoms with E-state index in [0.717, 1.165) is 0 Å². The van der Waals surface area contributed by atoms with Crippen molar-refractivity contribution in [3.63, 3.8) is 0 Å². The van der Waals surface area contributed by atoms with E-state index in [4.69, 9.17) is 6.42 Å². The van der Waals surface area contributed by atoms with Crippen molar-refractivity contribution < 1.29 is 9.72 Å². The van der Waals surface area contributed by atoms with Gasteiger partial charge >= 0.3 is 5.69 Å². The zero-order valence-corrected chi connectivity index (χ0v) is 9.79. The maximum absolute atomic E-state index is 11.8. The smallest absolute Gasteiger partial charge is 0.290 e. The van der Waals surface area contributed by atoms with Crippen molar-refractivity contribution in [1.29, 1.82) is 0 Å². The van der Waals surface area contributed by atoms with E-state index in [1.54, 1.807) is 13.0 Å². The Morgan fingerprint density at radius 1 is 1.61 bits per heavy atom. The van der Waals surface area contributed by atoms with Crippen molar-refractivity contribution in [3.8, 4) is 12.3 Å². The molecule has 0 aliphatic carbocycles. The Bertz CT molecular complexity index is 562. The Morgan fingerprint density at radius 2 is 2.33 bits per heavy atom. The van der Waals surface area contributed by atoms with E-state index < -0.39 is 4.92 Å². The lowest BCUT2D eigenvalue weighted by Crippen LogP contribution is -2.26. The van der Waals surface area contributed by atoms with Gasteiger partial charge in [-0.25, -0.2) is 4.98 Å². The van der Waals surface area contributed by atoms with E-state index in [0.29, 0.717) is 5.69 Å². The summed E-state index contributed by atoms with van der Waals surface area (Å²) < 4.78 is 0. The van der Waals surface area contributed by atoms with Crippen molar-refractivity contribution in [1.82, 2.24) is 4.98 Å². The number of hydrogen-bond donors (Lipinski definition) is 0. The number of hydrogen-bond acceptors (Lipinski definition) is 4. The van der Waals surface area contributed by atoms with Crippen LogP contribution in [0.15, 0.2) is 12.1 Å². The molecule has 1 saturated heterocycles. The van der Waals surface area contributed by atoms with E-state index in [2.05, 4.69) is 10.9 Å². The third kappa shape index (κ3) is 2.02. The highest BCUT2D eigenvalue weighted by atomic mass is 16.6. The first-order valence-corrected chi connectivity index (χ1v) is 5.41. The maximum atomic E-state index is 11.8. The monoisotopic (exact) mass is 245 g/mol. The molecule has 1 fully saturated rings. The first-order chi connectivity index (χ1) is 8.52. The molecule has 0 spiro atoms. The van der Waals surface area contributed by atoms with Gasteiger partial charge in [0.1, 0.15) is 0 Å². The summed E-state index contributed by atoms with van der Waals surface area (Å²) in [6.07, 6.45) is 5.49. The molecule has 6 heteroatoms. The summed E-state index contributed by atoms with van der Waals surface area (Å²) in [7, 11) is 0. The Labute approximate surface area is 104 Å². The lowest BCUT2D eigenvalue weighted by Gasteiger charge is -2.15. The number of anilines is 1. The van der Waals surface area contributed by atoms with E-state index in [9.17, 15) is 14.9 Å². The molecule has 0 aromatic carbocycles. The summed E-state index contributed by atoms with van der Waals surface area (Å²) in [5.74, 6) is 2.15. The quantitative estimate of drug-likeness (QED) is 0.447. The molecule has 1 unspecified atom stereocenters. The Morgan fingerprint density at radius 3 is 2.89 bits per heavy atom.